The molecule has 1 amide bonds. The summed E-state index contributed by atoms with van der Waals surface area (Å²) in [5.74, 6) is 0.183. The van der Waals surface area contributed by atoms with E-state index in [0.717, 1.165) is 31.5 Å². The molecule has 0 radical (unpaired) electrons. The maximum absolute atomic E-state index is 12.2. The summed E-state index contributed by atoms with van der Waals surface area (Å²) in [6.07, 6.45) is 2.05. The number of thiophene rings is 1. The van der Waals surface area contributed by atoms with Crippen molar-refractivity contribution < 1.29 is 4.79 Å². The van der Waals surface area contributed by atoms with Crippen molar-refractivity contribution in [1.29, 1.82) is 0 Å². The van der Waals surface area contributed by atoms with Crippen LogP contribution in [0.5, 0.6) is 0 Å². The van der Waals surface area contributed by atoms with Crippen LogP contribution in [0, 0.1) is 2.88 Å². The molecule has 1 aliphatic heterocycles. The van der Waals surface area contributed by atoms with Crippen LogP contribution in [0.2, 0.25) is 0 Å². The molecule has 0 bridgehead atoms. The Labute approximate surface area is 120 Å². The Bertz CT molecular complexity index is 410. The van der Waals surface area contributed by atoms with Crippen molar-refractivity contribution in [3.63, 3.8) is 0 Å². The SMILES string of the molecule is CNC1(C)CCN(C(=O)c2csc(I)c2)CC1. The molecule has 0 atom stereocenters. The minimum atomic E-state index is 0.183. The third-order valence-electron chi connectivity index (χ3n) is 3.57. The zero-order valence-corrected chi connectivity index (χ0v) is 13.1. The van der Waals surface area contributed by atoms with Crippen molar-refractivity contribution in [3.8, 4) is 0 Å². The Morgan fingerprint density at radius 1 is 1.53 bits per heavy atom. The molecule has 0 saturated carbocycles. The topological polar surface area (TPSA) is 32.3 Å². The summed E-state index contributed by atoms with van der Waals surface area (Å²) in [6, 6.07) is 1.97. The van der Waals surface area contributed by atoms with Gasteiger partial charge in [0.25, 0.3) is 5.91 Å². The smallest absolute Gasteiger partial charge is 0.254 e. The minimum absolute atomic E-state index is 0.183. The highest BCUT2D eigenvalue weighted by Gasteiger charge is 2.30. The van der Waals surface area contributed by atoms with E-state index in [1.165, 1.54) is 2.88 Å². The first-order valence-corrected chi connectivity index (χ1v) is 7.72. The summed E-state index contributed by atoms with van der Waals surface area (Å²) in [5.41, 5.74) is 1.03. The van der Waals surface area contributed by atoms with Gasteiger partial charge in [0.05, 0.1) is 8.45 Å². The highest BCUT2D eigenvalue weighted by molar-refractivity contribution is 14.1. The zero-order valence-electron chi connectivity index (χ0n) is 10.1. The minimum Gasteiger partial charge on any atom is -0.338 e. The van der Waals surface area contributed by atoms with Crippen LogP contribution >= 0.6 is 33.9 Å². The van der Waals surface area contributed by atoms with Gasteiger partial charge in [-0.15, -0.1) is 11.3 Å². The molecular weight excluding hydrogens is 347 g/mol. The summed E-state index contributed by atoms with van der Waals surface area (Å²) in [7, 11) is 2.00. The first-order chi connectivity index (χ1) is 8.04. The lowest BCUT2D eigenvalue weighted by Gasteiger charge is -2.39. The van der Waals surface area contributed by atoms with E-state index in [2.05, 4.69) is 34.8 Å². The fraction of sp³-hybridized carbons (Fsp3) is 0.583. The van der Waals surface area contributed by atoms with Gasteiger partial charge in [-0.05, 0) is 55.5 Å². The number of carbonyl (C=O) groups excluding carboxylic acids is 1. The molecule has 5 heteroatoms. The van der Waals surface area contributed by atoms with E-state index in [1.54, 1.807) is 11.3 Å². The second kappa shape index (κ2) is 5.24. The molecule has 0 aliphatic carbocycles. The van der Waals surface area contributed by atoms with Crippen molar-refractivity contribution >= 4 is 39.8 Å². The predicted molar refractivity (Wildman–Crippen MR) is 79.6 cm³/mol. The number of hydrogen-bond donors (Lipinski definition) is 1. The standard InChI is InChI=1S/C12H17IN2OS/c1-12(14-2)3-5-15(6-4-12)11(16)9-7-10(13)17-8-9/h7-8,14H,3-6H2,1-2H3. The number of rotatable bonds is 2. The molecule has 17 heavy (non-hydrogen) atoms. The molecule has 0 spiro atoms. The number of carbonyl (C=O) groups is 1. The largest absolute Gasteiger partial charge is 0.338 e. The van der Waals surface area contributed by atoms with E-state index in [1.807, 2.05) is 23.4 Å². The number of nitrogens with zero attached hydrogens (tertiary/aromatic N) is 1. The molecule has 1 aromatic rings. The Morgan fingerprint density at radius 3 is 2.65 bits per heavy atom. The summed E-state index contributed by atoms with van der Waals surface area (Å²) >= 11 is 3.88. The maximum Gasteiger partial charge on any atom is 0.254 e. The molecule has 2 heterocycles. The summed E-state index contributed by atoms with van der Waals surface area (Å²) in [4.78, 5) is 14.2. The van der Waals surface area contributed by atoms with Crippen LogP contribution in [0.3, 0.4) is 0 Å². The number of likely N-dealkylation sites (tertiary alicyclic amines) is 1. The first kappa shape index (κ1) is 13.3. The monoisotopic (exact) mass is 364 g/mol. The van der Waals surface area contributed by atoms with Crippen LogP contribution in [-0.2, 0) is 0 Å². The molecule has 94 valence electrons. The van der Waals surface area contributed by atoms with Crippen LogP contribution in [0.1, 0.15) is 30.1 Å². The van der Waals surface area contributed by atoms with Gasteiger partial charge in [0.15, 0.2) is 0 Å². The van der Waals surface area contributed by atoms with Crippen molar-refractivity contribution in [1.82, 2.24) is 10.2 Å². The average molecular weight is 364 g/mol. The van der Waals surface area contributed by atoms with E-state index in [-0.39, 0.29) is 11.4 Å². The van der Waals surface area contributed by atoms with Gasteiger partial charge < -0.3 is 10.2 Å². The fourth-order valence-electron chi connectivity index (χ4n) is 2.06. The second-order valence-electron chi connectivity index (χ2n) is 4.74. The van der Waals surface area contributed by atoms with E-state index in [4.69, 9.17) is 0 Å². The summed E-state index contributed by atoms with van der Waals surface area (Å²) in [6.45, 7) is 3.92. The molecule has 1 aliphatic rings. The second-order valence-corrected chi connectivity index (χ2v) is 7.55. The Hall–Kier alpha value is -0.140. The lowest BCUT2D eigenvalue weighted by atomic mass is 9.90. The quantitative estimate of drug-likeness (QED) is 0.819. The molecule has 1 fully saturated rings. The third-order valence-corrected chi connectivity index (χ3v) is 5.36. The van der Waals surface area contributed by atoms with Gasteiger partial charge in [-0.3, -0.25) is 4.79 Å². The van der Waals surface area contributed by atoms with E-state index >= 15 is 0 Å². The van der Waals surface area contributed by atoms with Gasteiger partial charge >= 0.3 is 0 Å². The highest BCUT2D eigenvalue weighted by Crippen LogP contribution is 2.24. The first-order valence-electron chi connectivity index (χ1n) is 5.76. The summed E-state index contributed by atoms with van der Waals surface area (Å²) < 4.78 is 1.17. The number of hydrogen-bond acceptors (Lipinski definition) is 3. The third kappa shape index (κ3) is 3.00. The molecule has 1 aromatic heterocycles. The molecule has 1 saturated heterocycles. The number of piperidine rings is 1. The van der Waals surface area contributed by atoms with Gasteiger partial charge in [-0.1, -0.05) is 0 Å². The van der Waals surface area contributed by atoms with Crippen LogP contribution in [0.15, 0.2) is 11.4 Å². The van der Waals surface area contributed by atoms with Crippen molar-refractivity contribution in [3.05, 3.63) is 19.9 Å². The van der Waals surface area contributed by atoms with Gasteiger partial charge in [0, 0.05) is 24.0 Å². The van der Waals surface area contributed by atoms with Crippen molar-refractivity contribution in [2.24, 2.45) is 0 Å². The highest BCUT2D eigenvalue weighted by atomic mass is 127. The molecule has 2 rings (SSSR count). The zero-order chi connectivity index (χ0) is 12.5. The Balaban J connectivity index is 1.99. The van der Waals surface area contributed by atoms with Crippen LogP contribution in [0.4, 0.5) is 0 Å². The number of amides is 1. The lowest BCUT2D eigenvalue weighted by molar-refractivity contribution is 0.0662. The van der Waals surface area contributed by atoms with E-state index in [0.29, 0.717) is 0 Å². The van der Waals surface area contributed by atoms with Crippen molar-refractivity contribution in [2.45, 2.75) is 25.3 Å². The van der Waals surface area contributed by atoms with Gasteiger partial charge in [-0.2, -0.15) is 0 Å². The Kier molecular flexibility index (Phi) is 4.10. The van der Waals surface area contributed by atoms with Gasteiger partial charge in [-0.25, -0.2) is 0 Å². The van der Waals surface area contributed by atoms with E-state index < -0.39 is 0 Å². The predicted octanol–water partition coefficient (Wildman–Crippen LogP) is 2.57. The van der Waals surface area contributed by atoms with Crippen molar-refractivity contribution in [2.75, 3.05) is 20.1 Å². The summed E-state index contributed by atoms with van der Waals surface area (Å²) in [5, 5.41) is 5.30. The number of nitrogens with one attached hydrogen (secondary N) is 1. The Morgan fingerprint density at radius 2 is 2.18 bits per heavy atom. The molecule has 0 unspecified atom stereocenters. The number of halogens is 1. The van der Waals surface area contributed by atoms with Crippen LogP contribution in [-0.4, -0.2) is 36.5 Å². The lowest BCUT2D eigenvalue weighted by Crippen LogP contribution is -2.51. The average Bonchev–Trinajstić information content (AvgIpc) is 2.76. The fourth-order valence-corrected chi connectivity index (χ4v) is 3.38. The van der Waals surface area contributed by atoms with Gasteiger partial charge in [0.2, 0.25) is 0 Å². The van der Waals surface area contributed by atoms with Crippen LogP contribution < -0.4 is 5.32 Å². The maximum atomic E-state index is 12.2. The van der Waals surface area contributed by atoms with Gasteiger partial charge in [0.1, 0.15) is 0 Å². The molecular formula is C12H17IN2OS. The normalized spacial score (nSPS) is 19.4. The van der Waals surface area contributed by atoms with E-state index in [9.17, 15) is 4.79 Å². The molecule has 1 N–H and O–H groups in total. The molecule has 0 aromatic carbocycles. The van der Waals surface area contributed by atoms with Crippen LogP contribution in [0.25, 0.3) is 0 Å². The molecule has 3 nitrogen and oxygen atoms in total.